The second-order valence-corrected chi connectivity index (χ2v) is 4.91. The molecule has 6 nitrogen and oxygen atoms in total. The lowest BCUT2D eigenvalue weighted by atomic mass is 9.90. The van der Waals surface area contributed by atoms with Gasteiger partial charge in [0.2, 0.25) is 11.8 Å². The van der Waals surface area contributed by atoms with E-state index in [9.17, 15) is 9.59 Å². The molecule has 2 amide bonds. The zero-order chi connectivity index (χ0) is 12.5. The molecule has 17 heavy (non-hydrogen) atoms. The molecule has 2 aliphatic rings. The van der Waals surface area contributed by atoms with Gasteiger partial charge in [0.15, 0.2) is 0 Å². The van der Waals surface area contributed by atoms with Crippen molar-refractivity contribution in [1.82, 2.24) is 4.90 Å². The Morgan fingerprint density at radius 3 is 2.47 bits per heavy atom. The van der Waals surface area contributed by atoms with Gasteiger partial charge in [0, 0.05) is 26.3 Å². The van der Waals surface area contributed by atoms with Crippen LogP contribution >= 0.6 is 0 Å². The molecule has 0 aliphatic carbocycles. The molecule has 0 aromatic heterocycles. The summed E-state index contributed by atoms with van der Waals surface area (Å²) in [4.78, 5) is 25.0. The van der Waals surface area contributed by atoms with Gasteiger partial charge in [-0.2, -0.15) is 0 Å². The van der Waals surface area contributed by atoms with Crippen molar-refractivity contribution in [3.63, 3.8) is 0 Å². The number of amides is 2. The normalized spacial score (nSPS) is 28.1. The predicted octanol–water partition coefficient (Wildman–Crippen LogP) is -1.17. The summed E-state index contributed by atoms with van der Waals surface area (Å²) in [6.45, 7) is 2.03. The second kappa shape index (κ2) is 4.62. The highest BCUT2D eigenvalue weighted by Crippen LogP contribution is 2.24. The van der Waals surface area contributed by atoms with Crippen LogP contribution in [0.2, 0.25) is 0 Å². The Bertz CT molecular complexity index is 326. The SMILES string of the molecule is NC(=O)C1CCN(C(=O)C2(N)CCOCC2)C1. The number of likely N-dealkylation sites (tertiary alicyclic amines) is 1. The number of ether oxygens (including phenoxy) is 1. The molecular weight excluding hydrogens is 222 g/mol. The van der Waals surface area contributed by atoms with Crippen LogP contribution in [0.3, 0.4) is 0 Å². The topological polar surface area (TPSA) is 98.7 Å². The van der Waals surface area contributed by atoms with Crippen molar-refractivity contribution in [2.75, 3.05) is 26.3 Å². The quantitative estimate of drug-likeness (QED) is 0.636. The van der Waals surface area contributed by atoms with Crippen LogP contribution in [0.25, 0.3) is 0 Å². The number of nitrogens with zero attached hydrogens (tertiary/aromatic N) is 1. The van der Waals surface area contributed by atoms with Crippen LogP contribution < -0.4 is 11.5 Å². The maximum atomic E-state index is 12.3. The van der Waals surface area contributed by atoms with Gasteiger partial charge in [-0.25, -0.2) is 0 Å². The predicted molar refractivity (Wildman–Crippen MR) is 60.9 cm³/mol. The summed E-state index contributed by atoms with van der Waals surface area (Å²) < 4.78 is 5.21. The van der Waals surface area contributed by atoms with E-state index in [4.69, 9.17) is 16.2 Å². The zero-order valence-corrected chi connectivity index (χ0v) is 9.85. The van der Waals surface area contributed by atoms with E-state index in [1.807, 2.05) is 0 Å². The molecule has 4 N–H and O–H groups in total. The van der Waals surface area contributed by atoms with Crippen molar-refractivity contribution in [3.05, 3.63) is 0 Å². The van der Waals surface area contributed by atoms with Gasteiger partial charge >= 0.3 is 0 Å². The number of hydrogen-bond acceptors (Lipinski definition) is 4. The molecule has 2 aliphatic heterocycles. The van der Waals surface area contributed by atoms with Gasteiger partial charge in [0.25, 0.3) is 0 Å². The van der Waals surface area contributed by atoms with Crippen LogP contribution in [0.5, 0.6) is 0 Å². The number of carbonyl (C=O) groups excluding carboxylic acids is 2. The first kappa shape index (κ1) is 12.3. The van der Waals surface area contributed by atoms with Gasteiger partial charge in [-0.1, -0.05) is 0 Å². The fourth-order valence-electron chi connectivity index (χ4n) is 2.44. The van der Waals surface area contributed by atoms with E-state index in [1.54, 1.807) is 4.90 Å². The largest absolute Gasteiger partial charge is 0.381 e. The van der Waals surface area contributed by atoms with E-state index in [2.05, 4.69) is 0 Å². The Kier molecular flexibility index (Phi) is 3.35. The number of carbonyl (C=O) groups is 2. The number of nitrogens with two attached hydrogens (primary N) is 2. The Morgan fingerprint density at radius 2 is 1.94 bits per heavy atom. The lowest BCUT2D eigenvalue weighted by Gasteiger charge is -2.35. The number of hydrogen-bond donors (Lipinski definition) is 2. The van der Waals surface area contributed by atoms with Crippen molar-refractivity contribution >= 4 is 11.8 Å². The summed E-state index contributed by atoms with van der Waals surface area (Å²) in [6, 6.07) is 0. The average Bonchev–Trinajstić information content (AvgIpc) is 2.78. The molecule has 2 heterocycles. The molecule has 0 aromatic rings. The molecule has 0 saturated carbocycles. The van der Waals surface area contributed by atoms with E-state index >= 15 is 0 Å². The molecule has 2 rings (SSSR count). The van der Waals surface area contributed by atoms with Crippen LogP contribution in [-0.2, 0) is 14.3 Å². The van der Waals surface area contributed by atoms with E-state index in [0.717, 1.165) is 0 Å². The summed E-state index contributed by atoms with van der Waals surface area (Å²) >= 11 is 0. The van der Waals surface area contributed by atoms with Gasteiger partial charge in [-0.05, 0) is 19.3 Å². The summed E-state index contributed by atoms with van der Waals surface area (Å²) in [6.07, 6.45) is 1.74. The lowest BCUT2D eigenvalue weighted by Crippen LogP contribution is -2.57. The van der Waals surface area contributed by atoms with Crippen molar-refractivity contribution in [3.8, 4) is 0 Å². The molecule has 1 atom stereocenters. The lowest BCUT2D eigenvalue weighted by molar-refractivity contribution is -0.139. The zero-order valence-electron chi connectivity index (χ0n) is 9.85. The molecule has 2 fully saturated rings. The van der Waals surface area contributed by atoms with Gasteiger partial charge < -0.3 is 21.1 Å². The van der Waals surface area contributed by atoms with E-state index < -0.39 is 5.54 Å². The first-order chi connectivity index (χ1) is 8.03. The standard InChI is InChI=1S/C11H19N3O3/c12-9(15)8-1-4-14(7-8)10(16)11(13)2-5-17-6-3-11/h8H,1-7,13H2,(H2,12,15). The Morgan fingerprint density at radius 1 is 1.29 bits per heavy atom. The van der Waals surface area contributed by atoms with E-state index in [-0.39, 0.29) is 17.7 Å². The molecule has 96 valence electrons. The minimum absolute atomic E-state index is 0.0652. The van der Waals surface area contributed by atoms with Crippen molar-refractivity contribution in [2.24, 2.45) is 17.4 Å². The Hall–Kier alpha value is -1.14. The van der Waals surface area contributed by atoms with Gasteiger partial charge in [-0.15, -0.1) is 0 Å². The first-order valence-electron chi connectivity index (χ1n) is 5.98. The molecule has 0 radical (unpaired) electrons. The number of primary amides is 1. The third kappa shape index (κ3) is 2.42. The van der Waals surface area contributed by atoms with Crippen molar-refractivity contribution < 1.29 is 14.3 Å². The molecule has 0 aromatic carbocycles. The van der Waals surface area contributed by atoms with Gasteiger partial charge in [0.05, 0.1) is 11.5 Å². The Labute approximate surface area is 100 Å². The first-order valence-corrected chi connectivity index (χ1v) is 5.98. The molecule has 0 spiro atoms. The van der Waals surface area contributed by atoms with Crippen LogP contribution in [-0.4, -0.2) is 48.6 Å². The van der Waals surface area contributed by atoms with Gasteiger partial charge in [0.1, 0.15) is 0 Å². The van der Waals surface area contributed by atoms with Crippen LogP contribution in [0, 0.1) is 5.92 Å². The van der Waals surface area contributed by atoms with E-state index in [0.29, 0.717) is 45.6 Å². The second-order valence-electron chi connectivity index (χ2n) is 4.91. The Balaban J connectivity index is 1.98. The van der Waals surface area contributed by atoms with Crippen molar-refractivity contribution in [2.45, 2.75) is 24.8 Å². The molecule has 6 heteroatoms. The fourth-order valence-corrected chi connectivity index (χ4v) is 2.44. The minimum Gasteiger partial charge on any atom is -0.381 e. The average molecular weight is 241 g/mol. The van der Waals surface area contributed by atoms with Crippen LogP contribution in [0.4, 0.5) is 0 Å². The van der Waals surface area contributed by atoms with Crippen molar-refractivity contribution in [1.29, 1.82) is 0 Å². The smallest absolute Gasteiger partial charge is 0.242 e. The molecular formula is C11H19N3O3. The highest BCUT2D eigenvalue weighted by Gasteiger charge is 2.41. The van der Waals surface area contributed by atoms with Crippen LogP contribution in [0.1, 0.15) is 19.3 Å². The van der Waals surface area contributed by atoms with Gasteiger partial charge in [-0.3, -0.25) is 9.59 Å². The highest BCUT2D eigenvalue weighted by atomic mass is 16.5. The summed E-state index contributed by atoms with van der Waals surface area (Å²) in [5.41, 5.74) is 10.5. The third-order valence-electron chi connectivity index (χ3n) is 3.69. The summed E-state index contributed by atoms with van der Waals surface area (Å²) in [5, 5.41) is 0. The molecule has 0 bridgehead atoms. The maximum Gasteiger partial charge on any atom is 0.242 e. The summed E-state index contributed by atoms with van der Waals surface area (Å²) in [5.74, 6) is -0.620. The molecule has 1 unspecified atom stereocenters. The monoisotopic (exact) mass is 241 g/mol. The third-order valence-corrected chi connectivity index (χ3v) is 3.69. The maximum absolute atomic E-state index is 12.3. The highest BCUT2D eigenvalue weighted by molar-refractivity contribution is 5.87. The summed E-state index contributed by atoms with van der Waals surface area (Å²) in [7, 11) is 0. The van der Waals surface area contributed by atoms with E-state index in [1.165, 1.54) is 0 Å². The number of rotatable bonds is 2. The minimum atomic E-state index is -0.815. The fraction of sp³-hybridized carbons (Fsp3) is 0.818. The molecule has 2 saturated heterocycles. The van der Waals surface area contributed by atoms with Crippen LogP contribution in [0.15, 0.2) is 0 Å².